The van der Waals surface area contributed by atoms with Crippen LogP contribution < -0.4 is 10.6 Å². The number of anilines is 1. The summed E-state index contributed by atoms with van der Waals surface area (Å²) in [4.78, 5) is 24.0. The van der Waals surface area contributed by atoms with Crippen LogP contribution in [0.2, 0.25) is 5.02 Å². The Balaban J connectivity index is 1.65. The second-order valence-corrected chi connectivity index (χ2v) is 6.73. The van der Waals surface area contributed by atoms with Crippen molar-refractivity contribution in [2.75, 3.05) is 5.32 Å². The Bertz CT molecular complexity index is 851. The fourth-order valence-electron chi connectivity index (χ4n) is 2.50. The molecule has 136 valence electrons. The highest BCUT2D eigenvalue weighted by Crippen LogP contribution is 2.30. The first-order chi connectivity index (χ1) is 12.3. The average Bonchev–Trinajstić information content (AvgIpc) is 3.43. The summed E-state index contributed by atoms with van der Waals surface area (Å²) in [6.45, 7) is 1.75. The number of carbonyl (C=O) groups is 2. The first-order valence-corrected chi connectivity index (χ1v) is 8.59. The molecular weight excluding hydrogens is 362 g/mol. The van der Waals surface area contributed by atoms with E-state index in [-0.39, 0.29) is 28.5 Å². The van der Waals surface area contributed by atoms with E-state index < -0.39 is 17.5 Å². The average molecular weight is 379 g/mol. The van der Waals surface area contributed by atoms with Gasteiger partial charge < -0.3 is 10.6 Å². The van der Waals surface area contributed by atoms with Gasteiger partial charge >= 0.3 is 0 Å². The molecule has 1 fully saturated rings. The van der Waals surface area contributed by atoms with Crippen LogP contribution in [0.1, 0.15) is 41.7 Å². The topological polar surface area (TPSA) is 58.2 Å². The van der Waals surface area contributed by atoms with Gasteiger partial charge in [0.05, 0.1) is 16.6 Å². The van der Waals surface area contributed by atoms with Crippen LogP contribution in [-0.2, 0) is 4.79 Å². The van der Waals surface area contributed by atoms with Gasteiger partial charge in [0.15, 0.2) is 11.6 Å². The second-order valence-electron chi connectivity index (χ2n) is 6.33. The summed E-state index contributed by atoms with van der Waals surface area (Å²) in [6.07, 6.45) is 1.86. The molecule has 0 heterocycles. The first kappa shape index (κ1) is 18.3. The predicted octanol–water partition coefficient (Wildman–Crippen LogP) is 4.46. The standard InChI is InChI=1S/C19H17ClF2N2O2/c1-10(23-19(26)14-8-16(21)17(22)9-15(14)20)11-4-6-13(7-5-11)24-18(25)12-2-3-12/h4-10,12H,2-3H2,1H3,(H,23,26)(H,24,25). The molecule has 0 radical (unpaired) electrons. The molecule has 0 spiro atoms. The number of halogens is 3. The second kappa shape index (κ2) is 7.41. The number of hydrogen-bond acceptors (Lipinski definition) is 2. The van der Waals surface area contributed by atoms with Crippen molar-refractivity contribution in [3.63, 3.8) is 0 Å². The summed E-state index contributed by atoms with van der Waals surface area (Å²) in [7, 11) is 0. The molecule has 1 aliphatic carbocycles. The monoisotopic (exact) mass is 378 g/mol. The Morgan fingerprint density at radius 2 is 1.73 bits per heavy atom. The lowest BCUT2D eigenvalue weighted by Crippen LogP contribution is -2.27. The normalized spacial score (nSPS) is 14.6. The number of carbonyl (C=O) groups excluding carboxylic acids is 2. The quantitative estimate of drug-likeness (QED) is 0.755. The molecule has 4 nitrogen and oxygen atoms in total. The maximum absolute atomic E-state index is 13.3. The zero-order valence-corrected chi connectivity index (χ0v) is 14.7. The lowest BCUT2D eigenvalue weighted by molar-refractivity contribution is -0.117. The van der Waals surface area contributed by atoms with Crippen LogP contribution in [-0.4, -0.2) is 11.8 Å². The van der Waals surface area contributed by atoms with Crippen LogP contribution in [0.4, 0.5) is 14.5 Å². The Labute approximate surface area is 154 Å². The van der Waals surface area contributed by atoms with Crippen molar-refractivity contribution in [1.29, 1.82) is 0 Å². The smallest absolute Gasteiger partial charge is 0.253 e. The Hall–Kier alpha value is -2.47. The summed E-state index contributed by atoms with van der Waals surface area (Å²) < 4.78 is 26.5. The summed E-state index contributed by atoms with van der Waals surface area (Å²) in [6, 6.07) is 8.22. The highest BCUT2D eigenvalue weighted by atomic mass is 35.5. The molecule has 1 saturated carbocycles. The van der Waals surface area contributed by atoms with Crippen molar-refractivity contribution in [1.82, 2.24) is 5.32 Å². The largest absolute Gasteiger partial charge is 0.345 e. The van der Waals surface area contributed by atoms with Gasteiger partial charge in [-0.2, -0.15) is 0 Å². The number of nitrogens with one attached hydrogen (secondary N) is 2. The Morgan fingerprint density at radius 1 is 1.12 bits per heavy atom. The van der Waals surface area contributed by atoms with Crippen LogP contribution in [0.15, 0.2) is 36.4 Å². The van der Waals surface area contributed by atoms with Crippen LogP contribution in [0.5, 0.6) is 0 Å². The van der Waals surface area contributed by atoms with E-state index in [1.165, 1.54) is 0 Å². The molecular formula is C19H17ClF2N2O2. The van der Waals surface area contributed by atoms with E-state index in [2.05, 4.69) is 10.6 Å². The van der Waals surface area contributed by atoms with Gasteiger partial charge in [-0.15, -0.1) is 0 Å². The van der Waals surface area contributed by atoms with Gasteiger partial charge in [-0.25, -0.2) is 8.78 Å². The zero-order chi connectivity index (χ0) is 18.8. The molecule has 3 rings (SSSR count). The summed E-state index contributed by atoms with van der Waals surface area (Å²) in [5, 5.41) is 5.36. The number of hydrogen-bond donors (Lipinski definition) is 2. The van der Waals surface area contributed by atoms with Gasteiger partial charge in [-0.3, -0.25) is 9.59 Å². The molecule has 26 heavy (non-hydrogen) atoms. The van der Waals surface area contributed by atoms with E-state index in [4.69, 9.17) is 11.6 Å². The van der Waals surface area contributed by atoms with E-state index in [0.29, 0.717) is 5.69 Å². The minimum absolute atomic E-state index is 0.0204. The number of amides is 2. The molecule has 2 N–H and O–H groups in total. The van der Waals surface area contributed by atoms with Gasteiger partial charge in [0.25, 0.3) is 5.91 Å². The lowest BCUT2D eigenvalue weighted by atomic mass is 10.1. The number of benzene rings is 2. The van der Waals surface area contributed by atoms with Crippen molar-refractivity contribution < 1.29 is 18.4 Å². The van der Waals surface area contributed by atoms with Crippen LogP contribution in [0.25, 0.3) is 0 Å². The van der Waals surface area contributed by atoms with Crippen molar-refractivity contribution in [3.8, 4) is 0 Å². The maximum atomic E-state index is 13.3. The highest BCUT2D eigenvalue weighted by molar-refractivity contribution is 6.33. The zero-order valence-electron chi connectivity index (χ0n) is 14.0. The third kappa shape index (κ3) is 4.19. The predicted molar refractivity (Wildman–Crippen MR) is 95.0 cm³/mol. The van der Waals surface area contributed by atoms with E-state index in [1.54, 1.807) is 31.2 Å². The van der Waals surface area contributed by atoms with Crippen molar-refractivity contribution in [2.24, 2.45) is 5.92 Å². The summed E-state index contributed by atoms with van der Waals surface area (Å²) >= 11 is 5.82. The molecule has 0 aromatic heterocycles. The van der Waals surface area contributed by atoms with E-state index in [9.17, 15) is 18.4 Å². The van der Waals surface area contributed by atoms with Gasteiger partial charge in [0.1, 0.15) is 0 Å². The Morgan fingerprint density at radius 3 is 2.35 bits per heavy atom. The molecule has 0 aliphatic heterocycles. The third-order valence-corrected chi connectivity index (χ3v) is 4.54. The molecule has 0 saturated heterocycles. The summed E-state index contributed by atoms with van der Waals surface area (Å²) in [5.74, 6) is -2.71. The maximum Gasteiger partial charge on any atom is 0.253 e. The van der Waals surface area contributed by atoms with Crippen LogP contribution in [0.3, 0.4) is 0 Å². The molecule has 7 heteroatoms. The van der Waals surface area contributed by atoms with Gasteiger partial charge in [0.2, 0.25) is 5.91 Å². The third-order valence-electron chi connectivity index (χ3n) is 4.23. The molecule has 2 amide bonds. The van der Waals surface area contributed by atoms with E-state index in [0.717, 1.165) is 30.5 Å². The minimum atomic E-state index is -1.14. The van der Waals surface area contributed by atoms with Gasteiger partial charge in [0, 0.05) is 11.6 Å². The Kier molecular flexibility index (Phi) is 5.23. The van der Waals surface area contributed by atoms with Crippen LogP contribution in [0, 0.1) is 17.6 Å². The van der Waals surface area contributed by atoms with Crippen molar-refractivity contribution in [2.45, 2.75) is 25.8 Å². The summed E-state index contributed by atoms with van der Waals surface area (Å²) in [5.41, 5.74) is 1.35. The molecule has 0 bridgehead atoms. The van der Waals surface area contributed by atoms with Crippen molar-refractivity contribution in [3.05, 3.63) is 64.2 Å². The van der Waals surface area contributed by atoms with Crippen LogP contribution >= 0.6 is 11.6 Å². The van der Waals surface area contributed by atoms with Gasteiger partial charge in [-0.1, -0.05) is 23.7 Å². The lowest BCUT2D eigenvalue weighted by Gasteiger charge is -2.16. The highest BCUT2D eigenvalue weighted by Gasteiger charge is 2.29. The fourth-order valence-corrected chi connectivity index (χ4v) is 2.74. The molecule has 1 atom stereocenters. The molecule has 2 aromatic rings. The fraction of sp³-hybridized carbons (Fsp3) is 0.263. The number of rotatable bonds is 5. The van der Waals surface area contributed by atoms with Gasteiger partial charge in [-0.05, 0) is 49.6 Å². The van der Waals surface area contributed by atoms with E-state index in [1.807, 2.05) is 0 Å². The molecule has 1 aliphatic rings. The minimum Gasteiger partial charge on any atom is -0.345 e. The molecule has 2 aromatic carbocycles. The first-order valence-electron chi connectivity index (χ1n) is 8.21. The molecule has 1 unspecified atom stereocenters. The van der Waals surface area contributed by atoms with Crippen molar-refractivity contribution >= 4 is 29.1 Å². The van der Waals surface area contributed by atoms with E-state index >= 15 is 0 Å². The SMILES string of the molecule is CC(NC(=O)c1cc(F)c(F)cc1Cl)c1ccc(NC(=O)C2CC2)cc1.